The molecule has 1 aliphatic heterocycles. The number of thiophene rings is 1. The SMILES string of the molecule is COCC(N)C(=O)N(Cc1cccs1)c1ccc2c(c1)OCCO2.Cl. The molecule has 0 bridgehead atoms. The number of carbonyl (C=O) groups excluding carboxylic acids is 1. The second kappa shape index (κ2) is 9.05. The molecule has 2 heterocycles. The van der Waals surface area contributed by atoms with E-state index in [0.717, 1.165) is 10.6 Å². The summed E-state index contributed by atoms with van der Waals surface area (Å²) in [5.74, 6) is 1.14. The number of nitrogens with two attached hydrogens (primary N) is 1. The van der Waals surface area contributed by atoms with E-state index < -0.39 is 6.04 Å². The maximum atomic E-state index is 12.8. The molecule has 2 N–H and O–H groups in total. The summed E-state index contributed by atoms with van der Waals surface area (Å²) in [4.78, 5) is 15.5. The Hall–Kier alpha value is -1.80. The normalized spacial score (nSPS) is 13.7. The molecule has 6 nitrogen and oxygen atoms in total. The van der Waals surface area contributed by atoms with E-state index in [0.29, 0.717) is 31.3 Å². The molecule has 1 aromatic carbocycles. The molecule has 25 heavy (non-hydrogen) atoms. The number of hydrogen-bond acceptors (Lipinski definition) is 6. The zero-order valence-corrected chi connectivity index (χ0v) is 15.5. The summed E-state index contributed by atoms with van der Waals surface area (Å²) in [5.41, 5.74) is 6.69. The van der Waals surface area contributed by atoms with Crippen molar-refractivity contribution in [2.24, 2.45) is 5.73 Å². The standard InChI is InChI=1S/C17H20N2O4S.ClH/c1-21-11-14(18)17(20)19(10-13-3-2-8-24-13)12-4-5-15-16(9-12)23-7-6-22-15;/h2-5,8-9,14H,6-7,10-11,18H2,1H3;1H. The fraction of sp³-hybridized carbons (Fsp3) is 0.353. The highest BCUT2D eigenvalue weighted by Crippen LogP contribution is 2.34. The van der Waals surface area contributed by atoms with Gasteiger partial charge in [-0.05, 0) is 23.6 Å². The zero-order valence-electron chi connectivity index (χ0n) is 13.8. The van der Waals surface area contributed by atoms with E-state index in [1.165, 1.54) is 7.11 Å². The number of nitrogens with zero attached hydrogens (tertiary/aromatic N) is 1. The van der Waals surface area contributed by atoms with E-state index in [2.05, 4.69) is 0 Å². The molecule has 136 valence electrons. The summed E-state index contributed by atoms with van der Waals surface area (Å²) < 4.78 is 16.2. The molecule has 1 unspecified atom stereocenters. The summed E-state index contributed by atoms with van der Waals surface area (Å²) in [6, 6.07) is 8.72. The van der Waals surface area contributed by atoms with Crippen LogP contribution in [0.25, 0.3) is 0 Å². The van der Waals surface area contributed by atoms with Crippen molar-refractivity contribution < 1.29 is 19.0 Å². The van der Waals surface area contributed by atoms with E-state index in [1.807, 2.05) is 35.7 Å². The molecule has 0 fully saturated rings. The number of carbonyl (C=O) groups is 1. The number of ether oxygens (including phenoxy) is 3. The van der Waals surface area contributed by atoms with Crippen LogP contribution in [0, 0.1) is 0 Å². The maximum Gasteiger partial charge on any atom is 0.246 e. The van der Waals surface area contributed by atoms with Crippen LogP contribution in [0.15, 0.2) is 35.7 Å². The Morgan fingerprint density at radius 3 is 2.76 bits per heavy atom. The Labute approximate surface area is 156 Å². The number of fused-ring (bicyclic) bond motifs is 1. The molecule has 0 radical (unpaired) electrons. The summed E-state index contributed by atoms with van der Waals surface area (Å²) >= 11 is 1.60. The van der Waals surface area contributed by atoms with Crippen molar-refractivity contribution in [2.45, 2.75) is 12.6 Å². The molecular formula is C17H21ClN2O4S. The largest absolute Gasteiger partial charge is 0.486 e. The predicted molar refractivity (Wildman–Crippen MR) is 100 cm³/mol. The first-order valence-corrected chi connectivity index (χ1v) is 8.55. The average Bonchev–Trinajstić information content (AvgIpc) is 3.12. The van der Waals surface area contributed by atoms with Gasteiger partial charge in [-0.1, -0.05) is 6.07 Å². The molecule has 8 heteroatoms. The molecule has 2 aromatic rings. The number of methoxy groups -OCH3 is 1. The van der Waals surface area contributed by atoms with Crippen molar-refractivity contribution in [2.75, 3.05) is 31.8 Å². The van der Waals surface area contributed by atoms with Crippen molar-refractivity contribution in [1.29, 1.82) is 0 Å². The van der Waals surface area contributed by atoms with Crippen LogP contribution in [0.3, 0.4) is 0 Å². The van der Waals surface area contributed by atoms with Crippen LogP contribution in [0.2, 0.25) is 0 Å². The first-order valence-electron chi connectivity index (χ1n) is 7.67. The van der Waals surface area contributed by atoms with E-state index >= 15 is 0 Å². The monoisotopic (exact) mass is 384 g/mol. The van der Waals surface area contributed by atoms with E-state index in [4.69, 9.17) is 19.9 Å². The van der Waals surface area contributed by atoms with Gasteiger partial charge in [0.05, 0.1) is 13.2 Å². The van der Waals surface area contributed by atoms with Crippen LogP contribution in [0.1, 0.15) is 4.88 Å². The molecule has 1 amide bonds. The van der Waals surface area contributed by atoms with Crippen LogP contribution in [-0.4, -0.2) is 38.9 Å². The summed E-state index contributed by atoms with van der Waals surface area (Å²) in [7, 11) is 1.53. The fourth-order valence-corrected chi connectivity index (χ4v) is 3.20. The van der Waals surface area contributed by atoms with Crippen molar-refractivity contribution in [1.82, 2.24) is 0 Å². The van der Waals surface area contributed by atoms with E-state index in [-0.39, 0.29) is 24.9 Å². The zero-order chi connectivity index (χ0) is 16.9. The quantitative estimate of drug-likeness (QED) is 0.828. The minimum absolute atomic E-state index is 0. The Morgan fingerprint density at radius 2 is 2.08 bits per heavy atom. The van der Waals surface area contributed by atoms with Gasteiger partial charge in [0.25, 0.3) is 0 Å². The summed E-state index contributed by atoms with van der Waals surface area (Å²) in [6.45, 7) is 1.65. The average molecular weight is 385 g/mol. The lowest BCUT2D eigenvalue weighted by Crippen LogP contribution is -2.46. The van der Waals surface area contributed by atoms with Crippen LogP contribution < -0.4 is 20.1 Å². The summed E-state index contributed by atoms with van der Waals surface area (Å²) in [5, 5.41) is 1.98. The maximum absolute atomic E-state index is 12.8. The molecule has 1 atom stereocenters. The Morgan fingerprint density at radius 1 is 1.32 bits per heavy atom. The minimum atomic E-state index is -0.719. The first kappa shape index (κ1) is 19.5. The summed E-state index contributed by atoms with van der Waals surface area (Å²) in [6.07, 6.45) is 0. The smallest absolute Gasteiger partial charge is 0.246 e. The third-order valence-electron chi connectivity index (χ3n) is 3.66. The van der Waals surface area contributed by atoms with Gasteiger partial charge < -0.3 is 24.8 Å². The van der Waals surface area contributed by atoms with Crippen LogP contribution >= 0.6 is 23.7 Å². The highest BCUT2D eigenvalue weighted by Gasteiger charge is 2.24. The van der Waals surface area contributed by atoms with Crippen LogP contribution in [-0.2, 0) is 16.1 Å². The first-order chi connectivity index (χ1) is 11.7. The lowest BCUT2D eigenvalue weighted by Gasteiger charge is -2.27. The van der Waals surface area contributed by atoms with Crippen molar-refractivity contribution in [3.63, 3.8) is 0 Å². The highest BCUT2D eigenvalue weighted by molar-refractivity contribution is 7.09. The van der Waals surface area contributed by atoms with Gasteiger partial charge in [0.15, 0.2) is 11.5 Å². The number of halogens is 1. The van der Waals surface area contributed by atoms with Crippen LogP contribution in [0.4, 0.5) is 5.69 Å². The van der Waals surface area contributed by atoms with Crippen molar-refractivity contribution >= 4 is 35.3 Å². The second-order valence-corrected chi connectivity index (χ2v) is 6.43. The highest BCUT2D eigenvalue weighted by atomic mass is 35.5. The third kappa shape index (κ3) is 4.64. The molecule has 0 spiro atoms. The molecule has 3 rings (SSSR count). The molecular weight excluding hydrogens is 364 g/mol. The molecule has 0 saturated heterocycles. The number of benzene rings is 1. The van der Waals surface area contributed by atoms with Gasteiger partial charge in [0.2, 0.25) is 5.91 Å². The van der Waals surface area contributed by atoms with Crippen molar-refractivity contribution in [3.8, 4) is 11.5 Å². The van der Waals surface area contributed by atoms with E-state index in [1.54, 1.807) is 16.2 Å². The predicted octanol–water partition coefficient (Wildman–Crippen LogP) is 2.45. The van der Waals surface area contributed by atoms with Gasteiger partial charge >= 0.3 is 0 Å². The van der Waals surface area contributed by atoms with Gasteiger partial charge in [-0.3, -0.25) is 4.79 Å². The minimum Gasteiger partial charge on any atom is -0.486 e. The Kier molecular flexibility index (Phi) is 7.07. The molecule has 1 aromatic heterocycles. The fourth-order valence-electron chi connectivity index (χ4n) is 2.51. The van der Waals surface area contributed by atoms with Crippen LogP contribution in [0.5, 0.6) is 11.5 Å². The van der Waals surface area contributed by atoms with Gasteiger partial charge in [-0.25, -0.2) is 0 Å². The molecule has 1 aliphatic rings. The number of rotatable bonds is 6. The number of anilines is 1. The second-order valence-electron chi connectivity index (χ2n) is 5.39. The number of amides is 1. The Bertz CT molecular complexity index is 696. The van der Waals surface area contributed by atoms with Gasteiger partial charge in [-0.15, -0.1) is 23.7 Å². The third-order valence-corrected chi connectivity index (χ3v) is 4.52. The van der Waals surface area contributed by atoms with Gasteiger partial charge in [0.1, 0.15) is 19.3 Å². The van der Waals surface area contributed by atoms with Gasteiger partial charge in [-0.2, -0.15) is 0 Å². The topological polar surface area (TPSA) is 74.0 Å². The lowest BCUT2D eigenvalue weighted by atomic mass is 10.2. The number of hydrogen-bond donors (Lipinski definition) is 1. The molecule has 0 aliphatic carbocycles. The van der Waals surface area contributed by atoms with E-state index in [9.17, 15) is 4.79 Å². The van der Waals surface area contributed by atoms with Crippen molar-refractivity contribution in [3.05, 3.63) is 40.6 Å². The Balaban J connectivity index is 0.00000225. The molecule has 0 saturated carbocycles. The lowest BCUT2D eigenvalue weighted by molar-refractivity contribution is -0.121. The van der Waals surface area contributed by atoms with Gasteiger partial charge in [0, 0.05) is 23.7 Å².